The molecule has 0 spiro atoms. The van der Waals surface area contributed by atoms with E-state index in [2.05, 4.69) is 28.6 Å². The van der Waals surface area contributed by atoms with Gasteiger partial charge < -0.3 is 37.6 Å². The lowest BCUT2D eigenvalue weighted by Gasteiger charge is -2.27. The average molecular weight is 512 g/mol. The molecule has 0 heterocycles. The van der Waals surface area contributed by atoms with Gasteiger partial charge in [0.25, 0.3) is 0 Å². The number of carbonyl (C=O) groups is 5. The first-order chi connectivity index (χ1) is 16.3. The highest BCUT2D eigenvalue weighted by Crippen LogP contribution is 2.12. The van der Waals surface area contributed by atoms with Crippen LogP contribution in [0.25, 0.3) is 0 Å². The van der Waals surface area contributed by atoms with Crippen LogP contribution in [-0.4, -0.2) is 69.7 Å². The minimum absolute atomic E-state index is 0.00121. The molecule has 0 saturated carbocycles. The topological polar surface area (TPSA) is 214 Å². The van der Waals surface area contributed by atoms with Gasteiger partial charge in [0, 0.05) is 18.6 Å². The summed E-state index contributed by atoms with van der Waals surface area (Å²) in [4.78, 5) is 60.6. The van der Waals surface area contributed by atoms with E-state index in [-0.39, 0.29) is 30.8 Å². The second kappa shape index (κ2) is 14.2. The smallest absolute Gasteiger partial charge is 0.327 e. The first-order valence-corrected chi connectivity index (χ1v) is 11.6. The molecular formula is C22H33N5O7S. The number of phenolic OH excluding ortho intramolecular Hbond substituents is 1. The van der Waals surface area contributed by atoms with Crippen LogP contribution < -0.4 is 27.4 Å². The number of phenols is 1. The van der Waals surface area contributed by atoms with Crippen molar-refractivity contribution in [3.63, 3.8) is 0 Å². The number of nitrogens with one attached hydrogen (secondary N) is 3. The van der Waals surface area contributed by atoms with Gasteiger partial charge in [-0.25, -0.2) is 4.79 Å². The Morgan fingerprint density at radius 2 is 1.51 bits per heavy atom. The number of benzene rings is 1. The Labute approximate surface area is 208 Å². The maximum Gasteiger partial charge on any atom is 0.327 e. The number of carbonyl (C=O) groups excluding carboxylic acids is 4. The Morgan fingerprint density at radius 3 is 2.00 bits per heavy atom. The van der Waals surface area contributed by atoms with Crippen molar-refractivity contribution in [3.05, 3.63) is 29.8 Å². The average Bonchev–Trinajstić information content (AvgIpc) is 2.79. The van der Waals surface area contributed by atoms with Crippen LogP contribution >= 0.6 is 12.6 Å². The zero-order valence-corrected chi connectivity index (χ0v) is 20.5. The van der Waals surface area contributed by atoms with Gasteiger partial charge in [0.2, 0.25) is 23.6 Å². The first kappa shape index (κ1) is 29.7. The zero-order chi connectivity index (χ0) is 26.7. The number of aromatic hydroxyl groups is 1. The monoisotopic (exact) mass is 511 g/mol. The molecule has 0 radical (unpaired) electrons. The van der Waals surface area contributed by atoms with Crippen molar-refractivity contribution in [1.82, 2.24) is 16.0 Å². The number of carboxylic acid groups (broad SMARTS) is 1. The predicted octanol–water partition coefficient (Wildman–Crippen LogP) is -1.35. The highest BCUT2D eigenvalue weighted by Gasteiger charge is 2.31. The lowest BCUT2D eigenvalue weighted by Crippen LogP contribution is -2.59. The highest BCUT2D eigenvalue weighted by atomic mass is 32.1. The molecule has 0 fully saturated rings. The number of rotatable bonds is 14. The van der Waals surface area contributed by atoms with E-state index in [0.29, 0.717) is 5.56 Å². The number of aliphatic carboxylic acids is 1. The van der Waals surface area contributed by atoms with Gasteiger partial charge in [-0.2, -0.15) is 12.6 Å². The normalized spacial score (nSPS) is 14.3. The molecule has 0 saturated heterocycles. The molecule has 0 aromatic heterocycles. The summed E-state index contributed by atoms with van der Waals surface area (Å²) in [5.41, 5.74) is 11.5. The van der Waals surface area contributed by atoms with Gasteiger partial charge in [-0.05, 0) is 30.0 Å². The van der Waals surface area contributed by atoms with Crippen LogP contribution in [0.5, 0.6) is 5.75 Å². The number of nitrogens with two attached hydrogens (primary N) is 2. The fourth-order valence-electron chi connectivity index (χ4n) is 3.02. The summed E-state index contributed by atoms with van der Waals surface area (Å²) < 4.78 is 0. The molecule has 0 aliphatic heterocycles. The summed E-state index contributed by atoms with van der Waals surface area (Å²) in [6, 6.07) is 1.33. The highest BCUT2D eigenvalue weighted by molar-refractivity contribution is 7.80. The first-order valence-electron chi connectivity index (χ1n) is 10.9. The van der Waals surface area contributed by atoms with Crippen molar-refractivity contribution in [2.75, 3.05) is 5.75 Å². The Bertz CT molecular complexity index is 910. The van der Waals surface area contributed by atoms with Gasteiger partial charge in [0.05, 0.1) is 6.04 Å². The van der Waals surface area contributed by atoms with E-state index in [1.54, 1.807) is 26.0 Å². The van der Waals surface area contributed by atoms with Crippen LogP contribution in [0.15, 0.2) is 24.3 Å². The van der Waals surface area contributed by atoms with Gasteiger partial charge >= 0.3 is 5.97 Å². The summed E-state index contributed by atoms with van der Waals surface area (Å²) >= 11 is 3.91. The van der Waals surface area contributed by atoms with E-state index in [4.69, 9.17) is 16.6 Å². The molecule has 9 N–H and O–H groups in total. The molecule has 0 bridgehead atoms. The van der Waals surface area contributed by atoms with Crippen LogP contribution in [0.4, 0.5) is 0 Å². The molecule has 4 unspecified atom stereocenters. The standard InChI is InChI=1S/C22H33N5O7S/c1-11(2)18(21(32)26-16(10-35)22(33)34)27-20(31)15(9-12-3-5-13(28)6-4-12)25-19(30)14(23)7-8-17(24)29/h3-6,11,14-16,18,28,35H,7-10,23H2,1-2H3,(H2,24,29)(H,25,30)(H,26,32)(H,27,31)(H,33,34). The zero-order valence-electron chi connectivity index (χ0n) is 19.6. The van der Waals surface area contributed by atoms with Crippen molar-refractivity contribution in [3.8, 4) is 5.75 Å². The number of primary amides is 1. The maximum atomic E-state index is 13.1. The lowest BCUT2D eigenvalue weighted by molar-refractivity contribution is -0.142. The molecule has 35 heavy (non-hydrogen) atoms. The quantitative estimate of drug-likeness (QED) is 0.139. The lowest BCUT2D eigenvalue weighted by atomic mass is 10.00. The molecule has 194 valence electrons. The Morgan fingerprint density at radius 1 is 0.943 bits per heavy atom. The molecule has 4 amide bonds. The minimum atomic E-state index is -1.27. The van der Waals surface area contributed by atoms with Crippen LogP contribution in [0.1, 0.15) is 32.3 Å². The van der Waals surface area contributed by atoms with Crippen molar-refractivity contribution < 1.29 is 34.2 Å². The van der Waals surface area contributed by atoms with Crippen molar-refractivity contribution >= 4 is 42.2 Å². The number of hydrogen-bond acceptors (Lipinski definition) is 8. The Kier molecular flexibility index (Phi) is 12.0. The Balaban J connectivity index is 3.07. The van der Waals surface area contributed by atoms with E-state index in [1.165, 1.54) is 12.1 Å². The molecule has 4 atom stereocenters. The molecule has 1 aromatic rings. The second-order valence-electron chi connectivity index (χ2n) is 8.36. The third-order valence-electron chi connectivity index (χ3n) is 5.09. The van der Waals surface area contributed by atoms with Gasteiger partial charge in [-0.15, -0.1) is 0 Å². The van der Waals surface area contributed by atoms with Crippen LogP contribution in [0, 0.1) is 5.92 Å². The third-order valence-corrected chi connectivity index (χ3v) is 5.46. The number of amides is 4. The molecule has 1 rings (SSSR count). The fraction of sp³-hybridized carbons (Fsp3) is 0.500. The molecular weight excluding hydrogens is 478 g/mol. The molecule has 12 nitrogen and oxygen atoms in total. The van der Waals surface area contributed by atoms with Gasteiger partial charge in [-0.1, -0.05) is 26.0 Å². The largest absolute Gasteiger partial charge is 0.508 e. The van der Waals surface area contributed by atoms with Gasteiger partial charge in [0.1, 0.15) is 23.9 Å². The minimum Gasteiger partial charge on any atom is -0.508 e. The SMILES string of the molecule is CC(C)C(NC(=O)C(Cc1ccc(O)cc1)NC(=O)C(N)CCC(N)=O)C(=O)NC(CS)C(=O)O. The van der Waals surface area contributed by atoms with E-state index >= 15 is 0 Å². The number of carboxylic acids is 1. The van der Waals surface area contributed by atoms with Crippen LogP contribution in [0.3, 0.4) is 0 Å². The molecule has 13 heteroatoms. The van der Waals surface area contributed by atoms with E-state index in [0.717, 1.165) is 0 Å². The third kappa shape index (κ3) is 10.2. The molecule has 0 aliphatic carbocycles. The molecule has 1 aromatic carbocycles. The summed E-state index contributed by atoms with van der Waals surface area (Å²) in [6.45, 7) is 3.32. The van der Waals surface area contributed by atoms with Gasteiger partial charge in [0.15, 0.2) is 0 Å². The van der Waals surface area contributed by atoms with Crippen LogP contribution in [0.2, 0.25) is 0 Å². The fourth-order valence-corrected chi connectivity index (χ4v) is 3.27. The Hall–Kier alpha value is -3.32. The van der Waals surface area contributed by atoms with Crippen molar-refractivity contribution in [2.24, 2.45) is 17.4 Å². The summed E-state index contributed by atoms with van der Waals surface area (Å²) in [7, 11) is 0. The van der Waals surface area contributed by atoms with Crippen molar-refractivity contribution in [2.45, 2.75) is 57.3 Å². The summed E-state index contributed by atoms with van der Waals surface area (Å²) in [6.07, 6.45) is -0.137. The van der Waals surface area contributed by atoms with Crippen LogP contribution in [-0.2, 0) is 30.4 Å². The van der Waals surface area contributed by atoms with E-state index < -0.39 is 59.7 Å². The van der Waals surface area contributed by atoms with E-state index in [1.807, 2.05) is 0 Å². The molecule has 0 aliphatic rings. The number of hydrogen-bond donors (Lipinski definition) is 8. The van der Waals surface area contributed by atoms with Gasteiger partial charge in [-0.3, -0.25) is 19.2 Å². The predicted molar refractivity (Wildman–Crippen MR) is 130 cm³/mol. The maximum absolute atomic E-state index is 13.1. The summed E-state index contributed by atoms with van der Waals surface area (Å²) in [5, 5.41) is 26.1. The second-order valence-corrected chi connectivity index (χ2v) is 8.72. The summed E-state index contributed by atoms with van der Waals surface area (Å²) in [5.74, 6) is -4.58. The number of thiol groups is 1. The van der Waals surface area contributed by atoms with E-state index in [9.17, 15) is 29.1 Å². The van der Waals surface area contributed by atoms with Crippen molar-refractivity contribution in [1.29, 1.82) is 0 Å².